The van der Waals surface area contributed by atoms with Crippen LogP contribution in [-0.4, -0.2) is 76.5 Å². The van der Waals surface area contributed by atoms with Gasteiger partial charge in [0.2, 0.25) is 5.91 Å². The molecule has 0 aromatic carbocycles. The fraction of sp³-hybridized carbons (Fsp3) is 0.833. The predicted molar refractivity (Wildman–Crippen MR) is 89.9 cm³/mol. The Hall–Kier alpha value is -1.79. The molecule has 0 saturated carbocycles. The molecule has 2 bridgehead atoms. The van der Waals surface area contributed by atoms with E-state index in [1.807, 2.05) is 9.80 Å². The number of carbonyl (C=O) groups excluding carboxylic acids is 2. The van der Waals surface area contributed by atoms with Crippen LogP contribution in [0, 0.1) is 17.8 Å². The Morgan fingerprint density at radius 1 is 1.00 bits per heavy atom. The largest absolute Gasteiger partial charge is 0.481 e. The summed E-state index contributed by atoms with van der Waals surface area (Å²) < 4.78 is 0. The van der Waals surface area contributed by atoms with Crippen LogP contribution in [0.2, 0.25) is 0 Å². The van der Waals surface area contributed by atoms with Crippen LogP contribution in [0.1, 0.15) is 38.5 Å². The summed E-state index contributed by atoms with van der Waals surface area (Å²) in [4.78, 5) is 42.1. The van der Waals surface area contributed by atoms with E-state index in [0.717, 1.165) is 38.9 Å². The van der Waals surface area contributed by atoms with Crippen molar-refractivity contribution in [2.24, 2.45) is 17.8 Å². The van der Waals surface area contributed by atoms with Crippen molar-refractivity contribution in [2.45, 2.75) is 44.6 Å². The molecular weight excluding hydrogens is 322 g/mol. The van der Waals surface area contributed by atoms with Crippen LogP contribution in [0.3, 0.4) is 0 Å². The average Bonchev–Trinajstić information content (AvgIpc) is 2.62. The summed E-state index contributed by atoms with van der Waals surface area (Å²) in [6, 6.07) is 0.375. The highest BCUT2D eigenvalue weighted by Gasteiger charge is 2.45. The molecule has 4 aliphatic heterocycles. The zero-order valence-corrected chi connectivity index (χ0v) is 14.6. The number of hydrogen-bond donors (Lipinski definition) is 1. The SMILES string of the molecule is O=C(O)C1CCN(C(=O)N2CC3CC(C2)C2CCCC(=O)N2C3)CC1. The summed E-state index contributed by atoms with van der Waals surface area (Å²) in [5.74, 6) is 0.0181. The molecule has 3 atom stereocenters. The van der Waals surface area contributed by atoms with Crippen molar-refractivity contribution in [3.05, 3.63) is 0 Å². The smallest absolute Gasteiger partial charge is 0.320 e. The Balaban J connectivity index is 1.39. The molecule has 138 valence electrons. The van der Waals surface area contributed by atoms with Crippen LogP contribution < -0.4 is 0 Å². The van der Waals surface area contributed by atoms with E-state index in [4.69, 9.17) is 5.11 Å². The number of likely N-dealkylation sites (tertiary alicyclic amines) is 2. The van der Waals surface area contributed by atoms with Crippen molar-refractivity contribution in [3.63, 3.8) is 0 Å². The fourth-order valence-electron chi connectivity index (χ4n) is 5.28. The maximum atomic E-state index is 12.9. The minimum Gasteiger partial charge on any atom is -0.481 e. The van der Waals surface area contributed by atoms with Gasteiger partial charge in [-0.2, -0.15) is 0 Å². The van der Waals surface area contributed by atoms with E-state index in [1.54, 1.807) is 0 Å². The number of piperidine rings is 4. The molecule has 7 nitrogen and oxygen atoms in total. The zero-order valence-electron chi connectivity index (χ0n) is 14.6. The van der Waals surface area contributed by atoms with Crippen LogP contribution in [0.25, 0.3) is 0 Å². The number of carboxylic acids is 1. The van der Waals surface area contributed by atoms with Crippen molar-refractivity contribution < 1.29 is 19.5 Å². The van der Waals surface area contributed by atoms with Gasteiger partial charge in [0.15, 0.2) is 0 Å². The second kappa shape index (κ2) is 6.50. The van der Waals surface area contributed by atoms with E-state index in [1.165, 1.54) is 0 Å². The number of fused-ring (bicyclic) bond motifs is 4. The second-order valence-electron chi connectivity index (χ2n) is 8.15. The molecule has 4 fully saturated rings. The van der Waals surface area contributed by atoms with Gasteiger partial charge in [-0.1, -0.05) is 0 Å². The van der Waals surface area contributed by atoms with Gasteiger partial charge in [0, 0.05) is 45.2 Å². The molecule has 3 amide bonds. The van der Waals surface area contributed by atoms with Crippen molar-refractivity contribution in [2.75, 3.05) is 32.7 Å². The Morgan fingerprint density at radius 2 is 1.76 bits per heavy atom. The van der Waals surface area contributed by atoms with E-state index in [9.17, 15) is 14.4 Å². The molecule has 0 aliphatic carbocycles. The lowest BCUT2D eigenvalue weighted by Gasteiger charge is -2.52. The first-order valence-corrected chi connectivity index (χ1v) is 9.59. The molecule has 4 heterocycles. The lowest BCUT2D eigenvalue weighted by Crippen LogP contribution is -2.62. The average molecular weight is 349 g/mol. The Morgan fingerprint density at radius 3 is 2.48 bits per heavy atom. The molecule has 4 saturated heterocycles. The molecule has 7 heteroatoms. The molecule has 25 heavy (non-hydrogen) atoms. The number of hydrogen-bond acceptors (Lipinski definition) is 3. The summed E-state index contributed by atoms with van der Waals surface area (Å²) in [5, 5.41) is 9.11. The molecule has 0 radical (unpaired) electrons. The first kappa shape index (κ1) is 16.7. The fourth-order valence-corrected chi connectivity index (χ4v) is 5.28. The number of carboxylic acid groups (broad SMARTS) is 1. The van der Waals surface area contributed by atoms with Crippen molar-refractivity contribution in [1.82, 2.24) is 14.7 Å². The van der Waals surface area contributed by atoms with Gasteiger partial charge >= 0.3 is 12.0 Å². The monoisotopic (exact) mass is 349 g/mol. The van der Waals surface area contributed by atoms with Gasteiger partial charge < -0.3 is 19.8 Å². The van der Waals surface area contributed by atoms with Gasteiger partial charge in [-0.15, -0.1) is 0 Å². The lowest BCUT2D eigenvalue weighted by molar-refractivity contribution is -0.145. The normalized spacial score (nSPS) is 33.2. The molecule has 0 aromatic rings. The van der Waals surface area contributed by atoms with Crippen LogP contribution in [0.15, 0.2) is 0 Å². The summed E-state index contributed by atoms with van der Waals surface area (Å²) >= 11 is 0. The second-order valence-corrected chi connectivity index (χ2v) is 8.15. The third-order valence-electron chi connectivity index (χ3n) is 6.57. The number of amides is 3. The summed E-state index contributed by atoms with van der Waals surface area (Å²) in [7, 11) is 0. The van der Waals surface area contributed by atoms with Gasteiger partial charge in [0.1, 0.15) is 0 Å². The van der Waals surface area contributed by atoms with Gasteiger partial charge in [0.05, 0.1) is 5.92 Å². The first-order valence-electron chi connectivity index (χ1n) is 9.59. The van der Waals surface area contributed by atoms with Gasteiger partial charge in [-0.05, 0) is 43.9 Å². The number of rotatable bonds is 1. The highest BCUT2D eigenvalue weighted by Crippen LogP contribution is 2.38. The standard InChI is InChI=1S/C18H27N3O4/c22-16-3-1-2-15-14-8-12(10-21(15)16)9-20(11-14)18(25)19-6-4-13(5-7-19)17(23)24/h12-15H,1-11H2,(H,23,24). The van der Waals surface area contributed by atoms with Crippen LogP contribution in [-0.2, 0) is 9.59 Å². The maximum absolute atomic E-state index is 12.9. The molecule has 0 spiro atoms. The Kier molecular flexibility index (Phi) is 4.33. The van der Waals surface area contributed by atoms with Crippen LogP contribution in [0.5, 0.6) is 0 Å². The van der Waals surface area contributed by atoms with Gasteiger partial charge in [-0.3, -0.25) is 9.59 Å². The highest BCUT2D eigenvalue weighted by atomic mass is 16.4. The Bertz CT molecular complexity index is 573. The third kappa shape index (κ3) is 3.09. The maximum Gasteiger partial charge on any atom is 0.320 e. The van der Waals surface area contributed by atoms with Crippen molar-refractivity contribution in [3.8, 4) is 0 Å². The molecule has 1 N–H and O–H groups in total. The van der Waals surface area contributed by atoms with Crippen molar-refractivity contribution >= 4 is 17.9 Å². The summed E-state index contributed by atoms with van der Waals surface area (Å²) in [6.45, 7) is 3.34. The molecule has 3 unspecified atom stereocenters. The highest BCUT2D eigenvalue weighted by molar-refractivity contribution is 5.78. The molecule has 0 aromatic heterocycles. The minimum absolute atomic E-state index is 0.0640. The van der Waals surface area contributed by atoms with Crippen LogP contribution >= 0.6 is 0 Å². The van der Waals surface area contributed by atoms with Crippen molar-refractivity contribution in [1.29, 1.82) is 0 Å². The van der Waals surface area contributed by atoms with Gasteiger partial charge in [0.25, 0.3) is 0 Å². The number of urea groups is 1. The topological polar surface area (TPSA) is 81.2 Å². The summed E-state index contributed by atoms with van der Waals surface area (Å²) in [6.07, 6.45) is 4.93. The zero-order chi connectivity index (χ0) is 17.6. The van der Waals surface area contributed by atoms with E-state index >= 15 is 0 Å². The molecule has 4 aliphatic rings. The minimum atomic E-state index is -0.748. The van der Waals surface area contributed by atoms with E-state index in [0.29, 0.717) is 56.1 Å². The predicted octanol–water partition coefficient (Wildman–Crippen LogP) is 1.24. The van der Waals surface area contributed by atoms with Gasteiger partial charge in [-0.25, -0.2) is 4.79 Å². The number of nitrogens with zero attached hydrogens (tertiary/aromatic N) is 3. The first-order chi connectivity index (χ1) is 12.0. The van der Waals surface area contributed by atoms with E-state index < -0.39 is 5.97 Å². The van der Waals surface area contributed by atoms with E-state index in [2.05, 4.69) is 4.90 Å². The van der Waals surface area contributed by atoms with Crippen LogP contribution in [0.4, 0.5) is 4.79 Å². The molecular formula is C18H27N3O4. The summed E-state index contributed by atoms with van der Waals surface area (Å²) in [5.41, 5.74) is 0. The quantitative estimate of drug-likeness (QED) is 0.772. The third-order valence-corrected chi connectivity index (χ3v) is 6.57. The lowest BCUT2D eigenvalue weighted by atomic mass is 9.76. The molecule has 4 rings (SSSR count). The number of carbonyl (C=O) groups is 3. The van der Waals surface area contributed by atoms with E-state index in [-0.39, 0.29) is 11.9 Å². The Labute approximate surface area is 147 Å². The number of aliphatic carboxylic acids is 1.